The molecule has 0 amide bonds. The third-order valence-corrected chi connectivity index (χ3v) is 2.22. The molecule has 1 rings (SSSR count). The zero-order chi connectivity index (χ0) is 17.2. The number of carboxylic acid groups (broad SMARTS) is 1. The molecule has 9 heteroatoms. The van der Waals surface area contributed by atoms with Gasteiger partial charge >= 0.3 is 11.9 Å². The highest BCUT2D eigenvalue weighted by molar-refractivity contribution is 7.85. The highest BCUT2D eigenvalue weighted by Gasteiger charge is 2.14. The second kappa shape index (κ2) is 49.2. The van der Waals surface area contributed by atoms with Crippen LogP contribution in [0.4, 0.5) is 0 Å². The molecule has 0 radical (unpaired) electrons. The number of carbonyl (C=O) groups is 2. The molecule has 1 atom stereocenters. The van der Waals surface area contributed by atoms with Gasteiger partial charge in [-0.15, -0.1) is 0 Å². The van der Waals surface area contributed by atoms with E-state index in [9.17, 15) is 18.0 Å². The molecule has 8 nitrogen and oxygen atoms in total. The van der Waals surface area contributed by atoms with E-state index in [0.717, 1.165) is 5.56 Å². The van der Waals surface area contributed by atoms with Crippen molar-refractivity contribution < 1.29 is 32.4 Å². The minimum absolute atomic E-state index is 0. The molecule has 0 bridgehead atoms. The molecular formula is C26H71NO7S. The smallest absolute Gasteiger partial charge is 0.320 e. The molecule has 0 aromatic heterocycles. The molecule has 0 fully saturated rings. The molecule has 0 saturated carbocycles. The Morgan fingerprint density at radius 3 is 1.43 bits per heavy atom. The van der Waals surface area contributed by atoms with Crippen LogP contribution in [0, 0.1) is 0 Å². The largest absolute Gasteiger partial charge is 0.480 e. The van der Waals surface area contributed by atoms with Gasteiger partial charge in [-0.1, -0.05) is 127 Å². The number of ether oxygens (including phenoxy) is 1. The quantitative estimate of drug-likeness (QED) is 0.239. The second-order valence-electron chi connectivity index (χ2n) is 4.36. The van der Waals surface area contributed by atoms with Crippen LogP contribution in [0.2, 0.25) is 0 Å². The van der Waals surface area contributed by atoms with E-state index in [2.05, 4.69) is 0 Å². The number of hydrogen-bond donors (Lipinski definition) is 3. The summed E-state index contributed by atoms with van der Waals surface area (Å²) < 4.78 is 30.8. The van der Waals surface area contributed by atoms with Crippen LogP contribution in [0.25, 0.3) is 0 Å². The molecular weight excluding hydrogens is 470 g/mol. The SMILES string of the molecule is C.C.C.C.C.C.C.C.C.C.C.C.C.CS(=O)(=O)O.NC(CCC(=O)OCc1ccccc1)C(=O)O. The fraction of sp³-hybridized carbons (Fsp3) is 0.692. The number of aliphatic carboxylic acids is 1. The summed E-state index contributed by atoms with van der Waals surface area (Å²) in [6.45, 7) is 0.196. The lowest BCUT2D eigenvalue weighted by Gasteiger charge is -2.07. The molecule has 35 heavy (non-hydrogen) atoms. The van der Waals surface area contributed by atoms with Crippen molar-refractivity contribution in [2.75, 3.05) is 6.26 Å². The maximum atomic E-state index is 11.3. The number of esters is 1. The van der Waals surface area contributed by atoms with E-state index in [1.807, 2.05) is 30.3 Å². The van der Waals surface area contributed by atoms with Crippen LogP contribution < -0.4 is 5.73 Å². The van der Waals surface area contributed by atoms with E-state index in [-0.39, 0.29) is 116 Å². The van der Waals surface area contributed by atoms with Gasteiger partial charge in [-0.05, 0) is 12.0 Å². The third-order valence-electron chi connectivity index (χ3n) is 2.22. The first-order valence-electron chi connectivity index (χ1n) is 6.20. The first-order chi connectivity index (χ1) is 10.1. The molecule has 1 aromatic rings. The lowest BCUT2D eigenvalue weighted by Crippen LogP contribution is -2.30. The van der Waals surface area contributed by atoms with Crippen molar-refractivity contribution >= 4 is 22.1 Å². The summed E-state index contributed by atoms with van der Waals surface area (Å²) in [5, 5.41) is 8.53. The first-order valence-corrected chi connectivity index (χ1v) is 8.05. The summed E-state index contributed by atoms with van der Waals surface area (Å²) in [7, 11) is -3.67. The number of hydrogen-bond acceptors (Lipinski definition) is 6. The van der Waals surface area contributed by atoms with Crippen molar-refractivity contribution in [2.24, 2.45) is 5.73 Å². The van der Waals surface area contributed by atoms with Crippen molar-refractivity contribution in [1.29, 1.82) is 0 Å². The van der Waals surface area contributed by atoms with E-state index in [0.29, 0.717) is 6.26 Å². The zero-order valence-corrected chi connectivity index (χ0v) is 12.8. The average molecular weight is 542 g/mol. The summed E-state index contributed by atoms with van der Waals surface area (Å²) in [4.78, 5) is 21.7. The average Bonchev–Trinajstić information content (AvgIpc) is 2.41. The number of carbonyl (C=O) groups excluding carboxylic acids is 1. The summed E-state index contributed by atoms with van der Waals surface area (Å²) >= 11 is 0. The van der Waals surface area contributed by atoms with Crippen molar-refractivity contribution in [3.05, 3.63) is 35.9 Å². The monoisotopic (exact) mass is 541 g/mol. The summed E-state index contributed by atoms with van der Waals surface area (Å²) in [5.74, 6) is -1.55. The number of benzene rings is 1. The van der Waals surface area contributed by atoms with Gasteiger partial charge in [0.05, 0.1) is 6.26 Å². The minimum atomic E-state index is -3.67. The van der Waals surface area contributed by atoms with Crippen molar-refractivity contribution in [1.82, 2.24) is 0 Å². The van der Waals surface area contributed by atoms with Gasteiger partial charge in [-0.25, -0.2) is 0 Å². The van der Waals surface area contributed by atoms with Gasteiger partial charge in [0, 0.05) is 6.42 Å². The number of nitrogens with two attached hydrogens (primary N) is 1. The number of rotatable bonds is 6. The van der Waals surface area contributed by atoms with Crippen LogP contribution in [0.15, 0.2) is 30.3 Å². The topological polar surface area (TPSA) is 144 Å². The number of carboxylic acids is 1. The van der Waals surface area contributed by atoms with Gasteiger partial charge in [0.25, 0.3) is 10.1 Å². The Morgan fingerprint density at radius 1 is 0.829 bits per heavy atom. The Morgan fingerprint density at radius 2 is 1.14 bits per heavy atom. The van der Waals surface area contributed by atoms with E-state index in [1.165, 1.54) is 0 Å². The first kappa shape index (κ1) is 93.6. The molecule has 0 aliphatic heterocycles. The van der Waals surface area contributed by atoms with Crippen LogP contribution >= 0.6 is 0 Å². The van der Waals surface area contributed by atoms with Gasteiger partial charge < -0.3 is 15.6 Å². The normalized spacial score (nSPS) is 7.40. The Bertz CT molecular complexity index is 571. The van der Waals surface area contributed by atoms with Crippen molar-refractivity contribution in [3.63, 3.8) is 0 Å². The Labute approximate surface area is 224 Å². The minimum Gasteiger partial charge on any atom is -0.480 e. The van der Waals surface area contributed by atoms with Crippen LogP contribution in [0.1, 0.15) is 115 Å². The van der Waals surface area contributed by atoms with E-state index in [1.54, 1.807) is 0 Å². The fourth-order valence-electron chi connectivity index (χ4n) is 1.21. The standard InChI is InChI=1S/C12H15NO4.CH4O3S.13CH4/c13-10(12(15)16)6-7-11(14)17-8-9-4-2-1-3-5-9;1-5(2,3)4;;;;;;;;;;;;;/h1-5,10H,6-8,13H2,(H,15,16);1H3,(H,2,3,4);13*1H4. The summed E-state index contributed by atoms with van der Waals surface area (Å²) in [6.07, 6.45) is 0.816. The lowest BCUT2D eigenvalue weighted by atomic mass is 10.2. The summed E-state index contributed by atoms with van der Waals surface area (Å²) in [5.41, 5.74) is 6.16. The fourth-order valence-corrected chi connectivity index (χ4v) is 1.21. The molecule has 4 N–H and O–H groups in total. The van der Waals surface area contributed by atoms with E-state index in [4.69, 9.17) is 20.1 Å². The molecule has 0 saturated heterocycles. The van der Waals surface area contributed by atoms with Gasteiger partial charge in [0.15, 0.2) is 0 Å². The molecule has 0 aliphatic carbocycles. The Hall–Kier alpha value is -1.97. The van der Waals surface area contributed by atoms with Crippen LogP contribution in [-0.2, 0) is 31.1 Å². The highest BCUT2D eigenvalue weighted by atomic mass is 32.2. The molecule has 228 valence electrons. The van der Waals surface area contributed by atoms with Crippen molar-refractivity contribution in [3.8, 4) is 0 Å². The Balaban J connectivity index is -0.0000000189. The third kappa shape index (κ3) is 72.0. The summed E-state index contributed by atoms with van der Waals surface area (Å²) in [6, 6.07) is 8.25. The predicted octanol–water partition coefficient (Wildman–Crippen LogP) is 8.70. The zero-order valence-electron chi connectivity index (χ0n) is 12.0. The van der Waals surface area contributed by atoms with Gasteiger partial charge in [0.2, 0.25) is 0 Å². The maximum absolute atomic E-state index is 11.3. The van der Waals surface area contributed by atoms with Gasteiger partial charge in [-0.2, -0.15) is 8.42 Å². The molecule has 0 spiro atoms. The molecule has 1 unspecified atom stereocenters. The van der Waals surface area contributed by atoms with Gasteiger partial charge in [0.1, 0.15) is 12.6 Å². The highest BCUT2D eigenvalue weighted by Crippen LogP contribution is 2.03. The van der Waals surface area contributed by atoms with Crippen LogP contribution in [-0.4, -0.2) is 42.3 Å². The molecule has 0 heterocycles. The van der Waals surface area contributed by atoms with Crippen LogP contribution in [0.3, 0.4) is 0 Å². The van der Waals surface area contributed by atoms with Crippen molar-refractivity contribution in [2.45, 2.75) is 122 Å². The Kier molecular flexibility index (Phi) is 132. The molecule has 0 aliphatic rings. The lowest BCUT2D eigenvalue weighted by molar-refractivity contribution is -0.145. The van der Waals surface area contributed by atoms with Gasteiger partial charge in [-0.3, -0.25) is 14.1 Å². The van der Waals surface area contributed by atoms with E-state index < -0.39 is 28.1 Å². The second-order valence-corrected chi connectivity index (χ2v) is 5.83. The van der Waals surface area contributed by atoms with Crippen LogP contribution in [0.5, 0.6) is 0 Å². The predicted molar refractivity (Wildman–Crippen MR) is 166 cm³/mol. The maximum Gasteiger partial charge on any atom is 0.320 e. The van der Waals surface area contributed by atoms with E-state index >= 15 is 0 Å². The molecule has 1 aromatic carbocycles.